The van der Waals surface area contributed by atoms with Gasteiger partial charge < -0.3 is 14.5 Å². The summed E-state index contributed by atoms with van der Waals surface area (Å²) in [5.41, 5.74) is 1.33. The van der Waals surface area contributed by atoms with Crippen molar-refractivity contribution in [1.82, 2.24) is 15.0 Å². The quantitative estimate of drug-likeness (QED) is 0.928. The van der Waals surface area contributed by atoms with Crippen molar-refractivity contribution in [3.8, 4) is 11.4 Å². The lowest BCUT2D eigenvalue weighted by Gasteiger charge is -2.23. The van der Waals surface area contributed by atoms with Gasteiger partial charge in [0.25, 0.3) is 5.91 Å². The number of aliphatic hydroxyl groups is 1. The number of carbonyl (C=O) groups excluding carboxylic acids is 1. The number of benzene rings is 1. The molecule has 0 spiro atoms. The van der Waals surface area contributed by atoms with Crippen LogP contribution in [0.3, 0.4) is 0 Å². The lowest BCUT2D eigenvalue weighted by molar-refractivity contribution is 0.0677. The zero-order valence-corrected chi connectivity index (χ0v) is 11.8. The number of aliphatic hydroxyl groups excluding tert-OH is 1. The van der Waals surface area contributed by atoms with Crippen molar-refractivity contribution in [2.24, 2.45) is 0 Å². The van der Waals surface area contributed by atoms with E-state index in [1.54, 1.807) is 30.0 Å². The molecule has 1 fully saturated rings. The van der Waals surface area contributed by atoms with E-state index in [1.807, 2.05) is 6.07 Å². The van der Waals surface area contributed by atoms with Gasteiger partial charge >= 0.3 is 0 Å². The van der Waals surface area contributed by atoms with Gasteiger partial charge in [0.2, 0.25) is 11.7 Å². The third-order valence-electron chi connectivity index (χ3n) is 3.74. The first kappa shape index (κ1) is 13.8. The Balaban J connectivity index is 1.87. The molecule has 21 heavy (non-hydrogen) atoms. The largest absolute Gasteiger partial charge is 0.394 e. The minimum atomic E-state index is -0.0754. The van der Waals surface area contributed by atoms with E-state index in [9.17, 15) is 9.90 Å². The number of hydrogen-bond donors (Lipinski definition) is 1. The molecule has 6 heteroatoms. The molecule has 1 aromatic carbocycles. The Morgan fingerprint density at radius 3 is 3.10 bits per heavy atom. The van der Waals surface area contributed by atoms with Gasteiger partial charge in [0.05, 0.1) is 12.6 Å². The number of rotatable bonds is 3. The topological polar surface area (TPSA) is 79.5 Å². The van der Waals surface area contributed by atoms with Crippen molar-refractivity contribution in [3.05, 3.63) is 35.7 Å². The number of aromatic nitrogens is 2. The van der Waals surface area contributed by atoms with Crippen LogP contribution in [-0.2, 0) is 0 Å². The maximum atomic E-state index is 12.6. The summed E-state index contributed by atoms with van der Waals surface area (Å²) in [6.07, 6.45) is 1.78. The lowest BCUT2D eigenvalue weighted by Crippen LogP contribution is -2.37. The van der Waals surface area contributed by atoms with Gasteiger partial charge in [0.15, 0.2) is 0 Å². The molecule has 1 N–H and O–H groups in total. The van der Waals surface area contributed by atoms with Gasteiger partial charge in [-0.25, -0.2) is 0 Å². The number of amides is 1. The molecule has 1 saturated heterocycles. The van der Waals surface area contributed by atoms with Gasteiger partial charge in [-0.2, -0.15) is 4.98 Å². The van der Waals surface area contributed by atoms with Crippen molar-refractivity contribution < 1.29 is 14.4 Å². The van der Waals surface area contributed by atoms with Crippen molar-refractivity contribution in [2.45, 2.75) is 25.8 Å². The summed E-state index contributed by atoms with van der Waals surface area (Å²) in [4.78, 5) is 18.5. The highest BCUT2D eigenvalue weighted by atomic mass is 16.5. The molecule has 2 heterocycles. The number of carbonyl (C=O) groups is 1. The van der Waals surface area contributed by atoms with Gasteiger partial charge in [-0.15, -0.1) is 0 Å². The van der Waals surface area contributed by atoms with Crippen LogP contribution in [0.4, 0.5) is 0 Å². The van der Waals surface area contributed by atoms with Gasteiger partial charge in [0.1, 0.15) is 0 Å². The molecule has 0 radical (unpaired) electrons. The Kier molecular flexibility index (Phi) is 3.70. The Morgan fingerprint density at radius 1 is 1.52 bits per heavy atom. The lowest BCUT2D eigenvalue weighted by atomic mass is 10.1. The Hall–Kier alpha value is -2.21. The highest BCUT2D eigenvalue weighted by Gasteiger charge is 2.28. The Morgan fingerprint density at radius 2 is 2.38 bits per heavy atom. The van der Waals surface area contributed by atoms with Crippen molar-refractivity contribution in [2.75, 3.05) is 13.2 Å². The summed E-state index contributed by atoms with van der Waals surface area (Å²) in [5, 5.41) is 13.2. The first-order valence-corrected chi connectivity index (χ1v) is 7.01. The Bertz CT molecular complexity index is 653. The molecule has 6 nitrogen and oxygen atoms in total. The van der Waals surface area contributed by atoms with Gasteiger partial charge in [-0.05, 0) is 25.0 Å². The maximum Gasteiger partial charge on any atom is 0.254 e. The SMILES string of the molecule is Cc1nc(-c2cccc(C(=O)N3CCC[C@@H]3CO)c2)no1. The van der Waals surface area contributed by atoms with E-state index in [2.05, 4.69) is 10.1 Å². The van der Waals surface area contributed by atoms with E-state index in [-0.39, 0.29) is 18.6 Å². The number of aryl methyl sites for hydroxylation is 1. The number of likely N-dealkylation sites (tertiary alicyclic amines) is 1. The van der Waals surface area contributed by atoms with E-state index >= 15 is 0 Å². The highest BCUT2D eigenvalue weighted by Crippen LogP contribution is 2.22. The highest BCUT2D eigenvalue weighted by molar-refractivity contribution is 5.95. The fourth-order valence-corrected chi connectivity index (χ4v) is 2.67. The molecule has 0 saturated carbocycles. The second kappa shape index (κ2) is 5.65. The van der Waals surface area contributed by atoms with Crippen LogP contribution < -0.4 is 0 Å². The van der Waals surface area contributed by atoms with Crippen molar-refractivity contribution >= 4 is 5.91 Å². The third-order valence-corrected chi connectivity index (χ3v) is 3.74. The smallest absolute Gasteiger partial charge is 0.254 e. The van der Waals surface area contributed by atoms with Crippen LogP contribution in [0, 0.1) is 6.92 Å². The fourth-order valence-electron chi connectivity index (χ4n) is 2.67. The van der Waals surface area contributed by atoms with E-state index in [4.69, 9.17) is 4.52 Å². The standard InChI is InChI=1S/C15H17N3O3/c1-10-16-14(17-21-10)11-4-2-5-12(8-11)15(20)18-7-3-6-13(18)9-19/h2,4-5,8,13,19H,3,6-7,9H2,1H3/t13-/m1/s1. The molecule has 1 aliphatic heterocycles. The number of hydrogen-bond acceptors (Lipinski definition) is 5. The van der Waals surface area contributed by atoms with Crippen molar-refractivity contribution in [1.29, 1.82) is 0 Å². The predicted octanol–water partition coefficient (Wildman–Crippen LogP) is 1.64. The average molecular weight is 287 g/mol. The van der Waals surface area contributed by atoms with Gasteiger partial charge in [-0.3, -0.25) is 4.79 Å². The molecule has 0 bridgehead atoms. The summed E-state index contributed by atoms with van der Waals surface area (Å²) in [6.45, 7) is 2.42. The minimum absolute atomic E-state index is 0.00939. The molecule has 1 aromatic heterocycles. The molecule has 0 unspecified atom stereocenters. The van der Waals surface area contributed by atoms with Crippen molar-refractivity contribution in [3.63, 3.8) is 0 Å². The van der Waals surface area contributed by atoms with E-state index in [1.165, 1.54) is 0 Å². The summed E-state index contributed by atoms with van der Waals surface area (Å²) >= 11 is 0. The third kappa shape index (κ3) is 2.67. The zero-order valence-electron chi connectivity index (χ0n) is 11.8. The number of nitrogens with zero attached hydrogens (tertiary/aromatic N) is 3. The van der Waals surface area contributed by atoms with Gasteiger partial charge in [-0.1, -0.05) is 17.3 Å². The first-order valence-electron chi connectivity index (χ1n) is 7.01. The molecule has 3 rings (SSSR count). The van der Waals surface area contributed by atoms with Gasteiger partial charge in [0, 0.05) is 24.6 Å². The summed E-state index contributed by atoms with van der Waals surface area (Å²) in [7, 11) is 0. The zero-order chi connectivity index (χ0) is 14.8. The molecule has 0 aliphatic carbocycles. The summed E-state index contributed by atoms with van der Waals surface area (Å²) in [5.74, 6) is 0.900. The van der Waals surface area contributed by atoms with E-state index in [0.29, 0.717) is 23.8 Å². The van der Waals surface area contributed by atoms with Crippen LogP contribution in [0.15, 0.2) is 28.8 Å². The van der Waals surface area contributed by atoms with Crippen LogP contribution in [0.25, 0.3) is 11.4 Å². The van der Waals surface area contributed by atoms with Crippen LogP contribution in [0.1, 0.15) is 29.1 Å². The van der Waals surface area contributed by atoms with E-state index < -0.39 is 0 Å². The molecule has 110 valence electrons. The molecular formula is C15H17N3O3. The van der Waals surface area contributed by atoms with Crippen LogP contribution >= 0.6 is 0 Å². The molecule has 1 aliphatic rings. The average Bonchev–Trinajstić information content (AvgIpc) is 3.15. The summed E-state index contributed by atoms with van der Waals surface area (Å²) in [6, 6.07) is 7.10. The maximum absolute atomic E-state index is 12.6. The molecular weight excluding hydrogens is 270 g/mol. The molecule has 2 aromatic rings. The fraction of sp³-hybridized carbons (Fsp3) is 0.400. The van der Waals surface area contributed by atoms with Crippen LogP contribution in [0.2, 0.25) is 0 Å². The molecule has 1 amide bonds. The second-order valence-corrected chi connectivity index (χ2v) is 5.19. The normalized spacial score (nSPS) is 18.2. The van der Waals surface area contributed by atoms with Crippen LogP contribution in [-0.4, -0.2) is 45.2 Å². The summed E-state index contributed by atoms with van der Waals surface area (Å²) < 4.78 is 4.96. The minimum Gasteiger partial charge on any atom is -0.394 e. The van der Waals surface area contributed by atoms with Crippen LogP contribution in [0.5, 0.6) is 0 Å². The molecule has 1 atom stereocenters. The monoisotopic (exact) mass is 287 g/mol. The first-order chi connectivity index (χ1) is 10.2. The Labute approximate surface area is 122 Å². The predicted molar refractivity (Wildman–Crippen MR) is 75.6 cm³/mol. The van der Waals surface area contributed by atoms with E-state index in [0.717, 1.165) is 18.4 Å². The second-order valence-electron chi connectivity index (χ2n) is 5.19.